The summed E-state index contributed by atoms with van der Waals surface area (Å²) in [6, 6.07) is 3.15. The summed E-state index contributed by atoms with van der Waals surface area (Å²) < 4.78 is 0. The predicted molar refractivity (Wildman–Crippen MR) is 85.6 cm³/mol. The Morgan fingerprint density at radius 1 is 1.25 bits per heavy atom. The summed E-state index contributed by atoms with van der Waals surface area (Å²) in [5.74, 6) is 0.562. The summed E-state index contributed by atoms with van der Waals surface area (Å²) in [6.07, 6.45) is 7.30. The van der Waals surface area contributed by atoms with Gasteiger partial charge in [0.2, 0.25) is 0 Å². The standard InChI is InChI=1S/C17H33N3/c1-5-7-8-12-20(15(3)4)14-17(13-18,16-9-10-16)19-11-6-2/h15-16,19H,5-12,14H2,1-4H3. The van der Waals surface area contributed by atoms with Gasteiger partial charge in [0.05, 0.1) is 6.07 Å². The van der Waals surface area contributed by atoms with Crippen LogP contribution in [-0.2, 0) is 0 Å². The Morgan fingerprint density at radius 3 is 2.40 bits per heavy atom. The van der Waals surface area contributed by atoms with Gasteiger partial charge in [-0.2, -0.15) is 5.26 Å². The molecule has 0 spiro atoms. The Hall–Kier alpha value is -0.590. The van der Waals surface area contributed by atoms with Crippen molar-refractivity contribution in [2.45, 2.75) is 77.8 Å². The SMILES string of the molecule is CCCCCN(CC(C#N)(NCCC)C1CC1)C(C)C. The molecular weight excluding hydrogens is 246 g/mol. The maximum Gasteiger partial charge on any atom is 0.122 e. The second kappa shape index (κ2) is 8.64. The molecule has 0 amide bonds. The molecule has 0 saturated heterocycles. The highest BCUT2D eigenvalue weighted by Crippen LogP contribution is 2.40. The summed E-state index contributed by atoms with van der Waals surface area (Å²) in [5, 5.41) is 13.3. The first-order valence-corrected chi connectivity index (χ1v) is 8.50. The van der Waals surface area contributed by atoms with E-state index in [1.54, 1.807) is 0 Å². The zero-order valence-corrected chi connectivity index (χ0v) is 13.9. The van der Waals surface area contributed by atoms with Crippen LogP contribution in [0.5, 0.6) is 0 Å². The van der Waals surface area contributed by atoms with E-state index in [1.165, 1.54) is 32.1 Å². The van der Waals surface area contributed by atoms with Gasteiger partial charge in [0.25, 0.3) is 0 Å². The van der Waals surface area contributed by atoms with Gasteiger partial charge >= 0.3 is 0 Å². The maximum absolute atomic E-state index is 9.78. The van der Waals surface area contributed by atoms with Crippen LogP contribution in [0.3, 0.4) is 0 Å². The molecule has 3 nitrogen and oxygen atoms in total. The predicted octanol–water partition coefficient (Wildman–Crippen LogP) is 3.56. The minimum Gasteiger partial charge on any atom is -0.298 e. The van der Waals surface area contributed by atoms with Crippen molar-refractivity contribution in [3.05, 3.63) is 0 Å². The lowest BCUT2D eigenvalue weighted by molar-refractivity contribution is 0.158. The van der Waals surface area contributed by atoms with Gasteiger partial charge in [-0.25, -0.2) is 0 Å². The zero-order chi connectivity index (χ0) is 15.0. The number of hydrogen-bond donors (Lipinski definition) is 1. The number of rotatable bonds is 11. The minimum atomic E-state index is -0.313. The molecule has 1 N–H and O–H groups in total. The van der Waals surface area contributed by atoms with Gasteiger partial charge < -0.3 is 0 Å². The fraction of sp³-hybridized carbons (Fsp3) is 0.941. The number of nitrogens with zero attached hydrogens (tertiary/aromatic N) is 2. The van der Waals surface area contributed by atoms with Gasteiger partial charge in [-0.3, -0.25) is 10.2 Å². The van der Waals surface area contributed by atoms with E-state index >= 15 is 0 Å². The van der Waals surface area contributed by atoms with Crippen molar-refractivity contribution in [1.29, 1.82) is 5.26 Å². The summed E-state index contributed by atoms with van der Waals surface area (Å²) in [7, 11) is 0. The Balaban J connectivity index is 2.66. The van der Waals surface area contributed by atoms with E-state index in [-0.39, 0.29) is 5.54 Å². The third-order valence-corrected chi connectivity index (χ3v) is 4.40. The van der Waals surface area contributed by atoms with Crippen LogP contribution < -0.4 is 5.32 Å². The van der Waals surface area contributed by atoms with Crippen molar-refractivity contribution in [1.82, 2.24) is 10.2 Å². The molecular formula is C17H33N3. The number of unbranched alkanes of at least 4 members (excludes halogenated alkanes) is 2. The van der Waals surface area contributed by atoms with E-state index < -0.39 is 0 Å². The molecule has 1 rings (SSSR count). The molecule has 0 aliphatic heterocycles. The Kier molecular flexibility index (Phi) is 7.55. The molecule has 0 heterocycles. The van der Waals surface area contributed by atoms with Crippen LogP contribution in [0, 0.1) is 17.2 Å². The average molecular weight is 279 g/mol. The first-order valence-electron chi connectivity index (χ1n) is 8.50. The highest BCUT2D eigenvalue weighted by molar-refractivity contribution is 5.16. The van der Waals surface area contributed by atoms with E-state index in [2.05, 4.69) is 44.0 Å². The fourth-order valence-corrected chi connectivity index (χ4v) is 2.82. The third kappa shape index (κ3) is 5.07. The Morgan fingerprint density at radius 2 is 1.95 bits per heavy atom. The summed E-state index contributed by atoms with van der Waals surface area (Å²) in [6.45, 7) is 11.9. The average Bonchev–Trinajstić information content (AvgIpc) is 3.26. The highest BCUT2D eigenvalue weighted by atomic mass is 15.2. The van der Waals surface area contributed by atoms with Gasteiger partial charge in [-0.1, -0.05) is 26.7 Å². The monoisotopic (exact) mass is 279 g/mol. The normalized spacial score (nSPS) is 18.2. The quantitative estimate of drug-likeness (QED) is 0.588. The van der Waals surface area contributed by atoms with E-state index in [0.29, 0.717) is 12.0 Å². The topological polar surface area (TPSA) is 39.1 Å². The Labute approximate surface area is 125 Å². The molecule has 0 aromatic carbocycles. The highest BCUT2D eigenvalue weighted by Gasteiger charge is 2.46. The molecule has 1 aliphatic rings. The molecule has 20 heavy (non-hydrogen) atoms. The maximum atomic E-state index is 9.78. The molecule has 1 atom stereocenters. The van der Waals surface area contributed by atoms with Crippen molar-refractivity contribution in [3.63, 3.8) is 0 Å². The lowest BCUT2D eigenvalue weighted by atomic mass is 9.93. The van der Waals surface area contributed by atoms with Crippen LogP contribution in [-0.4, -0.2) is 36.1 Å². The molecule has 116 valence electrons. The van der Waals surface area contributed by atoms with Crippen LogP contribution in [0.25, 0.3) is 0 Å². The molecule has 3 heteroatoms. The molecule has 1 saturated carbocycles. The van der Waals surface area contributed by atoms with Gasteiger partial charge in [0, 0.05) is 12.6 Å². The van der Waals surface area contributed by atoms with E-state index in [4.69, 9.17) is 0 Å². The Bertz CT molecular complexity index is 304. The van der Waals surface area contributed by atoms with Gasteiger partial charge in [-0.05, 0) is 58.5 Å². The molecule has 1 aliphatic carbocycles. The largest absolute Gasteiger partial charge is 0.298 e. The van der Waals surface area contributed by atoms with Crippen LogP contribution in [0.4, 0.5) is 0 Å². The van der Waals surface area contributed by atoms with Crippen molar-refractivity contribution < 1.29 is 0 Å². The summed E-state index contributed by atoms with van der Waals surface area (Å²) in [4.78, 5) is 2.50. The summed E-state index contributed by atoms with van der Waals surface area (Å²) in [5.41, 5.74) is -0.313. The number of hydrogen-bond acceptors (Lipinski definition) is 3. The third-order valence-electron chi connectivity index (χ3n) is 4.40. The molecule has 0 radical (unpaired) electrons. The lowest BCUT2D eigenvalue weighted by Crippen LogP contribution is -2.56. The first-order chi connectivity index (χ1) is 9.59. The van der Waals surface area contributed by atoms with Crippen molar-refractivity contribution in [2.75, 3.05) is 19.6 Å². The molecule has 0 aromatic rings. The fourth-order valence-electron chi connectivity index (χ4n) is 2.82. The van der Waals surface area contributed by atoms with Crippen LogP contribution in [0.2, 0.25) is 0 Å². The van der Waals surface area contributed by atoms with Crippen LogP contribution in [0.15, 0.2) is 0 Å². The lowest BCUT2D eigenvalue weighted by Gasteiger charge is -2.36. The van der Waals surface area contributed by atoms with Gasteiger partial charge in [-0.15, -0.1) is 0 Å². The van der Waals surface area contributed by atoms with E-state index in [1.807, 2.05) is 0 Å². The molecule has 0 aromatic heterocycles. The molecule has 1 unspecified atom stereocenters. The second-order valence-corrected chi connectivity index (χ2v) is 6.56. The van der Waals surface area contributed by atoms with Crippen molar-refractivity contribution in [3.8, 4) is 6.07 Å². The van der Waals surface area contributed by atoms with Crippen molar-refractivity contribution in [2.24, 2.45) is 5.92 Å². The van der Waals surface area contributed by atoms with Crippen molar-refractivity contribution >= 4 is 0 Å². The molecule has 0 bridgehead atoms. The van der Waals surface area contributed by atoms with Gasteiger partial charge in [0.15, 0.2) is 0 Å². The summed E-state index contributed by atoms with van der Waals surface area (Å²) >= 11 is 0. The van der Waals surface area contributed by atoms with E-state index in [9.17, 15) is 5.26 Å². The molecule has 1 fully saturated rings. The van der Waals surface area contributed by atoms with Crippen LogP contribution in [0.1, 0.15) is 66.2 Å². The first kappa shape index (κ1) is 17.5. The minimum absolute atomic E-state index is 0.313. The van der Waals surface area contributed by atoms with Crippen LogP contribution >= 0.6 is 0 Å². The smallest absolute Gasteiger partial charge is 0.122 e. The number of nitrogens with one attached hydrogen (secondary N) is 1. The van der Waals surface area contributed by atoms with Gasteiger partial charge in [0.1, 0.15) is 5.54 Å². The van der Waals surface area contributed by atoms with E-state index in [0.717, 1.165) is 26.1 Å². The second-order valence-electron chi connectivity index (χ2n) is 6.56. The number of nitriles is 1. The zero-order valence-electron chi connectivity index (χ0n) is 13.9.